The van der Waals surface area contributed by atoms with Crippen molar-refractivity contribution in [1.29, 1.82) is 0 Å². The molecule has 2 aromatic heterocycles. The number of piperidine rings is 2. The van der Waals surface area contributed by atoms with Crippen molar-refractivity contribution in [2.24, 2.45) is 5.92 Å². The first-order valence-electron chi connectivity index (χ1n) is 21.5. The first-order valence-corrected chi connectivity index (χ1v) is 21.5. The normalized spacial score (nSPS) is 23.6. The Morgan fingerprint density at radius 2 is 1.65 bits per heavy atom. The lowest BCUT2D eigenvalue weighted by molar-refractivity contribution is -0.166. The minimum Gasteiger partial charge on any atom is -0.388 e. The molecule has 60 heavy (non-hydrogen) atoms. The summed E-state index contributed by atoms with van der Waals surface area (Å²) in [5.74, 6) is 0.0214. The zero-order chi connectivity index (χ0) is 42.0. The molecule has 316 valence electrons. The Labute approximate surface area is 350 Å². The number of fused-ring (bicyclic) bond motifs is 2. The summed E-state index contributed by atoms with van der Waals surface area (Å²) in [5, 5.41) is 14.7. The Morgan fingerprint density at radius 3 is 2.35 bits per heavy atom. The molecule has 0 saturated carbocycles. The van der Waals surface area contributed by atoms with Gasteiger partial charge < -0.3 is 29.5 Å². The number of amides is 3. The predicted octanol–water partition coefficient (Wildman–Crippen LogP) is 6.03. The van der Waals surface area contributed by atoms with Crippen LogP contribution in [-0.4, -0.2) is 111 Å². The second-order valence-electron chi connectivity index (χ2n) is 18.9. The molecule has 0 bridgehead atoms. The summed E-state index contributed by atoms with van der Waals surface area (Å²) in [5.41, 5.74) is 4.97. The number of rotatable bonds is 8. The summed E-state index contributed by atoms with van der Waals surface area (Å²) < 4.78 is 21.2. The number of β-amino-alcohol motifs (C(OH)–C–C–N with tert-alkyl or cyclic N) is 1. The van der Waals surface area contributed by atoms with E-state index in [2.05, 4.69) is 83.0 Å². The highest BCUT2D eigenvalue weighted by atomic mass is 19.1. The molecular weight excluding hydrogens is 762 g/mol. The minimum atomic E-state index is -0.792. The van der Waals surface area contributed by atoms with E-state index in [4.69, 9.17) is 9.72 Å². The number of H-pyrrole nitrogens is 1. The van der Waals surface area contributed by atoms with Crippen molar-refractivity contribution in [2.45, 2.75) is 95.6 Å². The van der Waals surface area contributed by atoms with E-state index in [-0.39, 0.29) is 41.2 Å². The number of aromatic amines is 1. The highest BCUT2D eigenvalue weighted by Gasteiger charge is 2.41. The van der Waals surface area contributed by atoms with Gasteiger partial charge in [0.25, 0.3) is 5.91 Å². The Morgan fingerprint density at radius 1 is 0.917 bits per heavy atom. The van der Waals surface area contributed by atoms with Gasteiger partial charge in [-0.15, -0.1) is 0 Å². The molecule has 2 aromatic carbocycles. The number of hydrogen-bond acceptors (Lipinski definition) is 9. The van der Waals surface area contributed by atoms with Gasteiger partial charge in [0, 0.05) is 98.9 Å². The van der Waals surface area contributed by atoms with Gasteiger partial charge in [0.15, 0.2) is 0 Å². The minimum absolute atomic E-state index is 0.163. The maximum Gasteiger partial charge on any atom is 0.255 e. The number of nitrogens with zero attached hydrogens (tertiary/aromatic N) is 5. The molecule has 0 radical (unpaired) electrons. The number of allylic oxidation sites excluding steroid dienone is 1. The van der Waals surface area contributed by atoms with Crippen molar-refractivity contribution >= 4 is 45.7 Å². The molecule has 4 saturated heterocycles. The lowest BCUT2D eigenvalue weighted by Gasteiger charge is -2.45. The van der Waals surface area contributed by atoms with E-state index in [0.29, 0.717) is 56.4 Å². The van der Waals surface area contributed by atoms with Crippen LogP contribution in [-0.2, 0) is 20.9 Å². The molecule has 4 fully saturated rings. The van der Waals surface area contributed by atoms with Gasteiger partial charge in [0.2, 0.25) is 11.8 Å². The van der Waals surface area contributed by atoms with Crippen molar-refractivity contribution in [3.8, 4) is 0 Å². The number of pyridine rings is 1. The maximum absolute atomic E-state index is 14.8. The van der Waals surface area contributed by atoms with E-state index in [1.165, 1.54) is 6.20 Å². The second kappa shape index (κ2) is 15.4. The van der Waals surface area contributed by atoms with Gasteiger partial charge in [0.1, 0.15) is 17.7 Å². The fraction of sp³-hybridized carbons (Fsp3) is 0.489. The fourth-order valence-corrected chi connectivity index (χ4v) is 10.5. The molecule has 0 aliphatic carbocycles. The van der Waals surface area contributed by atoms with Crippen LogP contribution in [0.5, 0.6) is 0 Å². The average Bonchev–Trinajstić information content (AvgIpc) is 3.74. The third-order valence-corrected chi connectivity index (χ3v) is 13.2. The van der Waals surface area contributed by atoms with E-state index in [0.717, 1.165) is 78.3 Å². The fourth-order valence-electron chi connectivity index (χ4n) is 10.5. The number of piperazine rings is 1. The number of anilines is 2. The summed E-state index contributed by atoms with van der Waals surface area (Å²) in [6.07, 6.45) is 9.29. The average molecular weight is 818 g/mol. The van der Waals surface area contributed by atoms with Gasteiger partial charge in [-0.05, 0) is 125 Å². The van der Waals surface area contributed by atoms with Crippen molar-refractivity contribution in [3.63, 3.8) is 0 Å². The molecule has 12 nitrogen and oxygen atoms in total. The summed E-state index contributed by atoms with van der Waals surface area (Å²) in [6.45, 7) is 14.2. The number of imide groups is 1. The van der Waals surface area contributed by atoms with Crippen LogP contribution in [0.2, 0.25) is 0 Å². The van der Waals surface area contributed by atoms with Gasteiger partial charge in [-0.1, -0.05) is 12.1 Å². The number of aromatic nitrogens is 2. The third-order valence-electron chi connectivity index (χ3n) is 13.2. The molecule has 1 atom stereocenters. The standard InChI is InChI=1S/C47H56FN7O5/c1-45(2)24-30(25-46(3,4)60-45)21-36(31-5-9-39-37(23-31)38(48)27-49-39)32-6-11-41(50-26-32)54-15-13-47(59,14-16-54)29-52-17-19-53(20-18-52)34-7-8-35-33(22-34)28-55(44(35)58)40-10-12-42(56)51-43(40)57/h5-9,11,21-23,26-27,30,40,49,59H,10,12-20,24-25,28-29H2,1-4H3,(H,51,56,57). The number of ether oxygens (including phenoxy) is 1. The van der Waals surface area contributed by atoms with Crippen LogP contribution in [0.3, 0.4) is 0 Å². The van der Waals surface area contributed by atoms with Gasteiger partial charge in [-0.2, -0.15) is 0 Å². The molecule has 5 aliphatic heterocycles. The first-order chi connectivity index (χ1) is 28.6. The smallest absolute Gasteiger partial charge is 0.255 e. The van der Waals surface area contributed by atoms with E-state index in [1.54, 1.807) is 4.90 Å². The molecule has 0 spiro atoms. The van der Waals surface area contributed by atoms with E-state index < -0.39 is 17.6 Å². The zero-order valence-electron chi connectivity index (χ0n) is 35.1. The van der Waals surface area contributed by atoms with Crippen molar-refractivity contribution in [2.75, 3.05) is 55.6 Å². The molecular formula is C47H56FN7O5. The van der Waals surface area contributed by atoms with Gasteiger partial charge in [0.05, 0.1) is 16.8 Å². The number of carbonyl (C=O) groups is 3. The van der Waals surface area contributed by atoms with Crippen LogP contribution in [0.25, 0.3) is 16.5 Å². The van der Waals surface area contributed by atoms with Crippen molar-refractivity contribution in [3.05, 3.63) is 95.1 Å². The largest absolute Gasteiger partial charge is 0.388 e. The predicted molar refractivity (Wildman–Crippen MR) is 229 cm³/mol. The molecule has 4 aromatic rings. The Hall–Kier alpha value is -5.11. The van der Waals surface area contributed by atoms with Crippen LogP contribution >= 0.6 is 0 Å². The molecule has 3 N–H and O–H groups in total. The van der Waals surface area contributed by atoms with Crippen LogP contribution in [0, 0.1) is 11.7 Å². The van der Waals surface area contributed by atoms with Crippen LogP contribution in [0.1, 0.15) is 93.3 Å². The van der Waals surface area contributed by atoms with Crippen LogP contribution in [0.4, 0.5) is 15.9 Å². The second-order valence-corrected chi connectivity index (χ2v) is 18.9. The molecule has 5 aliphatic rings. The number of benzene rings is 2. The van der Waals surface area contributed by atoms with Gasteiger partial charge in [-0.25, -0.2) is 9.37 Å². The maximum atomic E-state index is 14.8. The number of hydrogen-bond donors (Lipinski definition) is 3. The van der Waals surface area contributed by atoms with E-state index in [9.17, 15) is 23.9 Å². The number of halogens is 1. The first kappa shape index (κ1) is 40.3. The monoisotopic (exact) mass is 817 g/mol. The molecule has 3 amide bonds. The summed E-state index contributed by atoms with van der Waals surface area (Å²) in [7, 11) is 0. The van der Waals surface area contributed by atoms with Gasteiger partial charge in [-0.3, -0.25) is 24.6 Å². The molecule has 9 rings (SSSR count). The van der Waals surface area contributed by atoms with E-state index in [1.807, 2.05) is 30.5 Å². The number of carbonyl (C=O) groups excluding carboxylic acids is 3. The molecule has 1 unspecified atom stereocenters. The topological polar surface area (TPSA) is 134 Å². The van der Waals surface area contributed by atoms with Crippen molar-refractivity contribution in [1.82, 2.24) is 25.1 Å². The Kier molecular flexibility index (Phi) is 10.4. The van der Waals surface area contributed by atoms with Crippen LogP contribution in [0.15, 0.2) is 67.0 Å². The van der Waals surface area contributed by atoms with Gasteiger partial charge >= 0.3 is 0 Å². The summed E-state index contributed by atoms with van der Waals surface area (Å²) >= 11 is 0. The lowest BCUT2D eigenvalue weighted by Crippen LogP contribution is -2.55. The highest BCUT2D eigenvalue weighted by molar-refractivity contribution is 6.05. The Balaban J connectivity index is 0.817. The number of nitrogens with one attached hydrogen (secondary N) is 2. The van der Waals surface area contributed by atoms with Crippen LogP contribution < -0.4 is 15.1 Å². The summed E-state index contributed by atoms with van der Waals surface area (Å²) in [4.78, 5) is 53.8. The highest BCUT2D eigenvalue weighted by Crippen LogP contribution is 2.41. The zero-order valence-corrected chi connectivity index (χ0v) is 35.1. The van der Waals surface area contributed by atoms with Crippen molar-refractivity contribution < 1.29 is 28.6 Å². The molecule has 13 heteroatoms. The van der Waals surface area contributed by atoms with E-state index >= 15 is 0 Å². The third kappa shape index (κ3) is 8.19. The molecule has 7 heterocycles. The Bertz CT molecular complexity index is 2320. The number of aliphatic hydroxyl groups is 1. The summed E-state index contributed by atoms with van der Waals surface area (Å²) in [6, 6.07) is 15.4. The lowest BCUT2D eigenvalue weighted by atomic mass is 9.79. The quantitative estimate of drug-likeness (QED) is 0.182. The SMILES string of the molecule is CC1(C)CC(C=C(c2ccc(N3CCC(O)(CN4CCN(c5ccc6c(c5)CN(C5CCC(=O)NC5=O)C6=O)CC4)CC3)nc2)c2ccc3[nH]cc(F)c3c2)CC(C)(C)O1.